The van der Waals surface area contributed by atoms with Crippen LogP contribution in [-0.2, 0) is 4.74 Å². The van der Waals surface area contributed by atoms with Gasteiger partial charge >= 0.3 is 0 Å². The second kappa shape index (κ2) is 7.00. The van der Waals surface area contributed by atoms with E-state index in [1.54, 1.807) is 17.0 Å². The molecule has 1 saturated heterocycles. The highest BCUT2D eigenvalue weighted by Crippen LogP contribution is 2.41. The fraction of sp³-hybridized carbons (Fsp3) is 0.350. The first kappa shape index (κ1) is 17.5. The molecule has 1 amide bonds. The molecule has 2 aromatic rings. The Hall–Kier alpha value is -2.93. The molecule has 2 aromatic carbocycles. The van der Waals surface area contributed by atoms with E-state index in [4.69, 9.17) is 9.47 Å². The second-order valence-electron chi connectivity index (χ2n) is 6.78. The van der Waals surface area contributed by atoms with E-state index in [1.807, 2.05) is 18.2 Å². The number of amides is 1. The Morgan fingerprint density at radius 3 is 2.85 bits per heavy atom. The molecular weight excluding hydrogens is 348 g/mol. The van der Waals surface area contributed by atoms with Crippen LogP contribution in [0.4, 0.5) is 5.69 Å². The minimum Gasteiger partial charge on any atom is -0.504 e. The molecule has 142 valence electrons. The number of para-hydroxylation sites is 1. The summed E-state index contributed by atoms with van der Waals surface area (Å²) in [5.41, 5.74) is 1.94. The molecule has 0 aromatic heterocycles. The lowest BCUT2D eigenvalue weighted by atomic mass is 10.0. The van der Waals surface area contributed by atoms with Crippen molar-refractivity contribution < 1.29 is 24.5 Å². The molecule has 0 bridgehead atoms. The number of phenolic OH excluding ortho intramolecular Hbond substituents is 2. The summed E-state index contributed by atoms with van der Waals surface area (Å²) in [6, 6.07) is 10.4. The second-order valence-corrected chi connectivity index (χ2v) is 6.78. The predicted molar refractivity (Wildman–Crippen MR) is 99.1 cm³/mol. The van der Waals surface area contributed by atoms with Crippen LogP contribution < -0.4 is 10.1 Å². The van der Waals surface area contributed by atoms with Gasteiger partial charge in [-0.15, -0.1) is 0 Å². The summed E-state index contributed by atoms with van der Waals surface area (Å²) in [5.74, 6) is -0.574. The third-order valence-corrected chi connectivity index (χ3v) is 5.06. The lowest BCUT2D eigenvalue weighted by Gasteiger charge is -2.39. The van der Waals surface area contributed by atoms with E-state index in [2.05, 4.69) is 5.32 Å². The van der Waals surface area contributed by atoms with Crippen LogP contribution in [0.2, 0.25) is 0 Å². The van der Waals surface area contributed by atoms with E-state index in [0.29, 0.717) is 24.3 Å². The summed E-state index contributed by atoms with van der Waals surface area (Å²) in [6.45, 7) is 1.14. The first-order valence-corrected chi connectivity index (χ1v) is 8.96. The number of rotatable bonds is 4. The number of nitrogens with zero attached hydrogens (tertiary/aromatic N) is 1. The molecule has 27 heavy (non-hydrogen) atoms. The number of methoxy groups -OCH3 is 1. The van der Waals surface area contributed by atoms with Crippen LogP contribution in [0.3, 0.4) is 0 Å². The normalized spacial score (nSPS) is 21.7. The molecule has 4 rings (SSSR count). The van der Waals surface area contributed by atoms with E-state index < -0.39 is 6.17 Å². The molecule has 0 unspecified atom stereocenters. The number of phenols is 2. The molecule has 3 N–H and O–H groups in total. The van der Waals surface area contributed by atoms with E-state index in [9.17, 15) is 15.0 Å². The lowest BCUT2D eigenvalue weighted by Crippen LogP contribution is -2.46. The van der Waals surface area contributed by atoms with E-state index in [-0.39, 0.29) is 29.3 Å². The minimum atomic E-state index is -0.517. The largest absolute Gasteiger partial charge is 0.504 e. The zero-order valence-electron chi connectivity index (χ0n) is 15.0. The minimum absolute atomic E-state index is 0.0175. The number of hydrogen-bond donors (Lipinski definition) is 3. The summed E-state index contributed by atoms with van der Waals surface area (Å²) >= 11 is 0. The van der Waals surface area contributed by atoms with E-state index >= 15 is 0 Å². The van der Waals surface area contributed by atoms with Crippen LogP contribution in [0, 0.1) is 0 Å². The fourth-order valence-corrected chi connectivity index (χ4v) is 3.68. The number of carbonyl (C=O) groups is 1. The summed E-state index contributed by atoms with van der Waals surface area (Å²) in [7, 11) is 1.41. The van der Waals surface area contributed by atoms with Gasteiger partial charge in [0.15, 0.2) is 11.5 Å². The summed E-state index contributed by atoms with van der Waals surface area (Å²) in [6.07, 6.45) is 1.35. The zero-order valence-corrected chi connectivity index (χ0v) is 15.0. The molecule has 0 saturated carbocycles. The molecule has 0 radical (unpaired) electrons. The van der Waals surface area contributed by atoms with Crippen molar-refractivity contribution in [2.45, 2.75) is 25.1 Å². The highest BCUT2D eigenvalue weighted by atomic mass is 16.5. The maximum Gasteiger partial charge on any atom is 0.257 e. The van der Waals surface area contributed by atoms with Crippen LogP contribution in [0.25, 0.3) is 0 Å². The maximum atomic E-state index is 13.2. The molecular formula is C20H22N2O5. The molecule has 0 spiro atoms. The Kier molecular flexibility index (Phi) is 4.53. The van der Waals surface area contributed by atoms with Gasteiger partial charge < -0.3 is 29.9 Å². The standard InChI is InChI=1S/C20H22N2O5/c1-26-17-10-12(9-16(23)18(17)24)19-21-15-7-3-2-6-14(15)20(25)22(19)11-13-5-4-8-27-13/h2-3,6-7,9-10,13,19,21,23-24H,4-5,8,11H2,1H3/t13-,19+/m0/s1. The molecule has 7 nitrogen and oxygen atoms in total. The molecule has 2 atom stereocenters. The van der Waals surface area contributed by atoms with Gasteiger partial charge in [-0.25, -0.2) is 0 Å². The fourth-order valence-electron chi connectivity index (χ4n) is 3.68. The number of carbonyl (C=O) groups excluding carboxylic acids is 1. The SMILES string of the molecule is COc1cc([C@@H]2Nc3ccccc3C(=O)N2C[C@@H]2CCCO2)cc(O)c1O. The molecule has 0 aliphatic carbocycles. The molecule has 2 aliphatic rings. The monoisotopic (exact) mass is 370 g/mol. The van der Waals surface area contributed by atoms with Crippen LogP contribution >= 0.6 is 0 Å². The number of anilines is 1. The van der Waals surface area contributed by atoms with E-state index in [0.717, 1.165) is 18.5 Å². The first-order chi connectivity index (χ1) is 13.1. The average molecular weight is 370 g/mol. The van der Waals surface area contributed by atoms with Crippen molar-refractivity contribution >= 4 is 11.6 Å². The van der Waals surface area contributed by atoms with Gasteiger partial charge in [0, 0.05) is 24.4 Å². The van der Waals surface area contributed by atoms with Crippen molar-refractivity contribution in [1.29, 1.82) is 0 Å². The van der Waals surface area contributed by atoms with Crippen molar-refractivity contribution in [2.75, 3.05) is 25.6 Å². The van der Waals surface area contributed by atoms with Gasteiger partial charge in [-0.3, -0.25) is 4.79 Å². The number of ether oxygens (including phenoxy) is 2. The Morgan fingerprint density at radius 1 is 1.30 bits per heavy atom. The van der Waals surface area contributed by atoms with Gasteiger partial charge in [0.05, 0.1) is 18.8 Å². The number of aromatic hydroxyl groups is 2. The van der Waals surface area contributed by atoms with Gasteiger partial charge in [0.1, 0.15) is 6.17 Å². The van der Waals surface area contributed by atoms with Gasteiger partial charge in [-0.2, -0.15) is 0 Å². The van der Waals surface area contributed by atoms with Gasteiger partial charge in [0.2, 0.25) is 5.75 Å². The summed E-state index contributed by atoms with van der Waals surface area (Å²) in [4.78, 5) is 14.9. The number of nitrogens with one attached hydrogen (secondary N) is 1. The first-order valence-electron chi connectivity index (χ1n) is 8.96. The van der Waals surface area contributed by atoms with Crippen LogP contribution in [0.15, 0.2) is 36.4 Å². The molecule has 2 heterocycles. The van der Waals surface area contributed by atoms with Crippen molar-refractivity contribution in [3.05, 3.63) is 47.5 Å². The third kappa shape index (κ3) is 3.14. The molecule has 7 heteroatoms. The number of benzene rings is 2. The number of hydrogen-bond acceptors (Lipinski definition) is 6. The maximum absolute atomic E-state index is 13.2. The Balaban J connectivity index is 1.76. The highest BCUT2D eigenvalue weighted by Gasteiger charge is 2.35. The molecule has 2 aliphatic heterocycles. The predicted octanol–water partition coefficient (Wildman–Crippen LogP) is 2.85. The van der Waals surface area contributed by atoms with Crippen molar-refractivity contribution in [3.63, 3.8) is 0 Å². The topological polar surface area (TPSA) is 91.3 Å². The Bertz CT molecular complexity index is 863. The van der Waals surface area contributed by atoms with Gasteiger partial charge in [0.25, 0.3) is 5.91 Å². The van der Waals surface area contributed by atoms with Crippen molar-refractivity contribution in [2.24, 2.45) is 0 Å². The Labute approximate surface area is 157 Å². The third-order valence-electron chi connectivity index (χ3n) is 5.06. The van der Waals surface area contributed by atoms with Crippen LogP contribution in [0.1, 0.15) is 34.9 Å². The van der Waals surface area contributed by atoms with Crippen molar-refractivity contribution in [3.8, 4) is 17.2 Å². The summed E-state index contributed by atoms with van der Waals surface area (Å²) in [5, 5.41) is 23.4. The number of fused-ring (bicyclic) bond motifs is 1. The summed E-state index contributed by atoms with van der Waals surface area (Å²) < 4.78 is 10.9. The average Bonchev–Trinajstić information content (AvgIpc) is 3.19. The van der Waals surface area contributed by atoms with Crippen LogP contribution in [0.5, 0.6) is 17.2 Å². The Morgan fingerprint density at radius 2 is 2.11 bits per heavy atom. The van der Waals surface area contributed by atoms with Gasteiger partial charge in [-0.05, 0) is 37.1 Å². The van der Waals surface area contributed by atoms with Crippen LogP contribution in [-0.4, -0.2) is 47.4 Å². The smallest absolute Gasteiger partial charge is 0.257 e. The molecule has 1 fully saturated rings. The zero-order chi connectivity index (χ0) is 19.0. The van der Waals surface area contributed by atoms with Crippen molar-refractivity contribution in [1.82, 2.24) is 4.90 Å². The van der Waals surface area contributed by atoms with Gasteiger partial charge in [-0.1, -0.05) is 12.1 Å². The lowest BCUT2D eigenvalue weighted by molar-refractivity contribution is 0.0426. The quantitative estimate of drug-likeness (QED) is 0.717. The highest BCUT2D eigenvalue weighted by molar-refractivity contribution is 6.01. The van der Waals surface area contributed by atoms with E-state index in [1.165, 1.54) is 13.2 Å².